The second kappa shape index (κ2) is 5.29. The molecule has 0 saturated carbocycles. The summed E-state index contributed by atoms with van der Waals surface area (Å²) in [5.74, 6) is 0.449. The molecular formula is C13H20O2. The van der Waals surface area contributed by atoms with E-state index in [-0.39, 0.29) is 13.2 Å². The Morgan fingerprint density at radius 2 is 1.60 bits per heavy atom. The highest BCUT2D eigenvalue weighted by molar-refractivity contribution is 5.25. The number of aliphatic hydroxyl groups excluding tert-OH is 2. The van der Waals surface area contributed by atoms with Crippen LogP contribution in [-0.4, -0.2) is 23.4 Å². The van der Waals surface area contributed by atoms with E-state index in [0.29, 0.717) is 5.92 Å². The number of rotatable bonds is 5. The van der Waals surface area contributed by atoms with Gasteiger partial charge in [-0.3, -0.25) is 0 Å². The van der Waals surface area contributed by atoms with Crippen LogP contribution in [0.25, 0.3) is 0 Å². The monoisotopic (exact) mass is 208 g/mol. The molecule has 0 amide bonds. The van der Waals surface area contributed by atoms with Crippen molar-refractivity contribution in [3.63, 3.8) is 0 Å². The summed E-state index contributed by atoms with van der Waals surface area (Å²) in [6, 6.07) is 9.76. The first-order valence-electron chi connectivity index (χ1n) is 5.42. The summed E-state index contributed by atoms with van der Waals surface area (Å²) in [6.07, 6.45) is 0.796. The summed E-state index contributed by atoms with van der Waals surface area (Å²) >= 11 is 0. The molecule has 15 heavy (non-hydrogen) atoms. The van der Waals surface area contributed by atoms with Crippen molar-refractivity contribution in [1.82, 2.24) is 0 Å². The third-order valence-electron chi connectivity index (χ3n) is 2.79. The number of aliphatic hydroxyl groups is 2. The highest BCUT2D eigenvalue weighted by Gasteiger charge is 2.31. The molecule has 0 atom stereocenters. The highest BCUT2D eigenvalue weighted by Crippen LogP contribution is 2.30. The van der Waals surface area contributed by atoms with Crippen molar-refractivity contribution in [2.45, 2.75) is 25.7 Å². The number of hydrogen-bond donors (Lipinski definition) is 2. The summed E-state index contributed by atoms with van der Waals surface area (Å²) in [7, 11) is 0. The highest BCUT2D eigenvalue weighted by atomic mass is 16.3. The standard InChI is InChI=1S/C13H20O2/c1-11(2)8-13(9-14,10-15)12-6-4-3-5-7-12/h3-7,11,14-15H,8-10H2,1-2H3. The zero-order valence-electron chi connectivity index (χ0n) is 9.48. The van der Waals surface area contributed by atoms with Crippen molar-refractivity contribution in [2.75, 3.05) is 13.2 Å². The molecule has 0 aliphatic carbocycles. The van der Waals surface area contributed by atoms with Gasteiger partial charge in [0, 0.05) is 5.41 Å². The van der Waals surface area contributed by atoms with Gasteiger partial charge in [0.2, 0.25) is 0 Å². The number of hydrogen-bond acceptors (Lipinski definition) is 2. The first-order valence-corrected chi connectivity index (χ1v) is 5.42. The molecule has 2 N–H and O–H groups in total. The van der Waals surface area contributed by atoms with Crippen molar-refractivity contribution in [2.24, 2.45) is 5.92 Å². The summed E-state index contributed by atoms with van der Waals surface area (Å²) in [5, 5.41) is 19.0. The predicted octanol–water partition coefficient (Wildman–Crippen LogP) is 1.96. The summed E-state index contributed by atoms with van der Waals surface area (Å²) in [4.78, 5) is 0. The molecule has 2 heteroatoms. The van der Waals surface area contributed by atoms with Crippen molar-refractivity contribution in [1.29, 1.82) is 0 Å². The molecule has 0 spiro atoms. The van der Waals surface area contributed by atoms with E-state index in [0.717, 1.165) is 12.0 Å². The first kappa shape index (κ1) is 12.2. The molecule has 0 radical (unpaired) electrons. The topological polar surface area (TPSA) is 40.5 Å². The van der Waals surface area contributed by atoms with Gasteiger partial charge < -0.3 is 10.2 Å². The first-order chi connectivity index (χ1) is 7.14. The maximum atomic E-state index is 9.52. The van der Waals surface area contributed by atoms with Crippen LogP contribution in [0.5, 0.6) is 0 Å². The van der Waals surface area contributed by atoms with E-state index in [1.165, 1.54) is 0 Å². The molecule has 84 valence electrons. The van der Waals surface area contributed by atoms with Crippen LogP contribution in [0.15, 0.2) is 30.3 Å². The van der Waals surface area contributed by atoms with Crippen molar-refractivity contribution in [3.05, 3.63) is 35.9 Å². The van der Waals surface area contributed by atoms with Gasteiger partial charge in [-0.25, -0.2) is 0 Å². The average molecular weight is 208 g/mol. The van der Waals surface area contributed by atoms with E-state index >= 15 is 0 Å². The Hall–Kier alpha value is -0.860. The van der Waals surface area contributed by atoms with Gasteiger partial charge >= 0.3 is 0 Å². The Balaban J connectivity index is 3.00. The lowest BCUT2D eigenvalue weighted by Gasteiger charge is -2.32. The van der Waals surface area contributed by atoms with E-state index in [1.54, 1.807) is 0 Å². The fourth-order valence-corrected chi connectivity index (χ4v) is 2.05. The van der Waals surface area contributed by atoms with Crippen molar-refractivity contribution >= 4 is 0 Å². The van der Waals surface area contributed by atoms with Crippen LogP contribution >= 0.6 is 0 Å². The van der Waals surface area contributed by atoms with Gasteiger partial charge in [0.1, 0.15) is 0 Å². The van der Waals surface area contributed by atoms with Crippen LogP contribution in [0.3, 0.4) is 0 Å². The Labute approximate surface area is 91.6 Å². The minimum absolute atomic E-state index is 0.00824. The van der Waals surface area contributed by atoms with E-state index in [4.69, 9.17) is 0 Å². The molecule has 0 aromatic heterocycles. The van der Waals surface area contributed by atoms with Gasteiger partial charge in [-0.2, -0.15) is 0 Å². The lowest BCUT2D eigenvalue weighted by Crippen LogP contribution is -2.36. The summed E-state index contributed by atoms with van der Waals surface area (Å²) < 4.78 is 0. The van der Waals surface area contributed by atoms with Gasteiger partial charge in [0.25, 0.3) is 0 Å². The maximum Gasteiger partial charge on any atom is 0.0550 e. The van der Waals surface area contributed by atoms with Crippen molar-refractivity contribution < 1.29 is 10.2 Å². The Morgan fingerprint density at radius 3 is 2.00 bits per heavy atom. The second-order valence-corrected chi connectivity index (χ2v) is 4.56. The van der Waals surface area contributed by atoms with Gasteiger partial charge in [-0.1, -0.05) is 44.2 Å². The lowest BCUT2D eigenvalue weighted by molar-refractivity contribution is 0.0990. The molecule has 2 nitrogen and oxygen atoms in total. The average Bonchev–Trinajstić information content (AvgIpc) is 2.27. The zero-order valence-corrected chi connectivity index (χ0v) is 9.48. The maximum absolute atomic E-state index is 9.52. The minimum Gasteiger partial charge on any atom is -0.395 e. The Bertz CT molecular complexity index is 276. The van der Waals surface area contributed by atoms with Gasteiger partial charge in [0.05, 0.1) is 13.2 Å². The molecule has 0 aliphatic heterocycles. The second-order valence-electron chi connectivity index (χ2n) is 4.56. The molecule has 1 aromatic carbocycles. The van der Waals surface area contributed by atoms with Gasteiger partial charge in [-0.15, -0.1) is 0 Å². The Kier molecular flexibility index (Phi) is 4.30. The van der Waals surface area contributed by atoms with Crippen molar-refractivity contribution in [3.8, 4) is 0 Å². The molecule has 1 aromatic rings. The predicted molar refractivity (Wildman–Crippen MR) is 61.7 cm³/mol. The van der Waals surface area contributed by atoms with E-state index in [2.05, 4.69) is 13.8 Å². The summed E-state index contributed by atoms with van der Waals surface area (Å²) in [5.41, 5.74) is 0.527. The fraction of sp³-hybridized carbons (Fsp3) is 0.538. The van der Waals surface area contributed by atoms with Crippen LogP contribution in [0.4, 0.5) is 0 Å². The van der Waals surface area contributed by atoms with E-state index < -0.39 is 5.41 Å². The summed E-state index contributed by atoms with van der Waals surface area (Å²) in [6.45, 7) is 4.18. The third kappa shape index (κ3) is 2.80. The van der Waals surface area contributed by atoms with E-state index in [1.807, 2.05) is 30.3 Å². The molecule has 0 heterocycles. The van der Waals surface area contributed by atoms with Crippen LogP contribution < -0.4 is 0 Å². The minimum atomic E-state index is -0.491. The van der Waals surface area contributed by atoms with Gasteiger partial charge in [-0.05, 0) is 17.9 Å². The zero-order chi connectivity index (χ0) is 11.3. The third-order valence-corrected chi connectivity index (χ3v) is 2.79. The Morgan fingerprint density at radius 1 is 1.07 bits per heavy atom. The van der Waals surface area contributed by atoms with E-state index in [9.17, 15) is 10.2 Å². The quantitative estimate of drug-likeness (QED) is 0.776. The molecular weight excluding hydrogens is 188 g/mol. The molecule has 0 saturated heterocycles. The van der Waals surface area contributed by atoms with Crippen LogP contribution in [0.2, 0.25) is 0 Å². The van der Waals surface area contributed by atoms with Crippen LogP contribution in [0, 0.1) is 5.92 Å². The fourth-order valence-electron chi connectivity index (χ4n) is 2.05. The molecule has 0 aliphatic rings. The smallest absolute Gasteiger partial charge is 0.0550 e. The number of benzene rings is 1. The molecule has 0 bridgehead atoms. The largest absolute Gasteiger partial charge is 0.395 e. The normalized spacial score (nSPS) is 12.1. The molecule has 1 rings (SSSR count). The van der Waals surface area contributed by atoms with Crippen LogP contribution in [0.1, 0.15) is 25.8 Å². The molecule has 0 unspecified atom stereocenters. The van der Waals surface area contributed by atoms with Crippen LogP contribution in [-0.2, 0) is 5.41 Å². The lowest BCUT2D eigenvalue weighted by atomic mass is 9.76. The molecule has 0 fully saturated rings. The SMILES string of the molecule is CC(C)CC(CO)(CO)c1ccccc1. The van der Waals surface area contributed by atoms with Gasteiger partial charge in [0.15, 0.2) is 0 Å².